The van der Waals surface area contributed by atoms with E-state index in [0.29, 0.717) is 29.3 Å². The molecule has 1 unspecified atom stereocenters. The Morgan fingerprint density at radius 1 is 1.25 bits per heavy atom. The van der Waals surface area contributed by atoms with Crippen LogP contribution in [0.4, 0.5) is 11.5 Å². The summed E-state index contributed by atoms with van der Waals surface area (Å²) < 4.78 is 10.4. The molecule has 32 heavy (non-hydrogen) atoms. The maximum absolute atomic E-state index is 11.7. The van der Waals surface area contributed by atoms with Gasteiger partial charge < -0.3 is 19.2 Å². The Labute approximate surface area is 186 Å². The zero-order valence-corrected chi connectivity index (χ0v) is 18.2. The van der Waals surface area contributed by atoms with Gasteiger partial charge in [-0.15, -0.1) is 0 Å². The van der Waals surface area contributed by atoms with E-state index in [1.165, 1.54) is 25.7 Å². The van der Waals surface area contributed by atoms with E-state index >= 15 is 0 Å². The number of methoxy groups -OCH3 is 1. The molecule has 9 nitrogen and oxygen atoms in total. The van der Waals surface area contributed by atoms with Gasteiger partial charge in [-0.25, -0.2) is 0 Å². The minimum atomic E-state index is -1.01. The second-order valence-electron chi connectivity index (χ2n) is 7.78. The molecule has 9 heteroatoms. The highest BCUT2D eigenvalue weighted by Gasteiger charge is 2.27. The molecule has 1 fully saturated rings. The van der Waals surface area contributed by atoms with Gasteiger partial charge in [-0.05, 0) is 36.5 Å². The molecule has 1 atom stereocenters. The fraction of sp³-hybridized carbons (Fsp3) is 0.435. The molecule has 0 aliphatic carbocycles. The summed E-state index contributed by atoms with van der Waals surface area (Å²) >= 11 is 0. The molecule has 1 aliphatic heterocycles. The number of hydrogen-bond acceptors (Lipinski definition) is 8. The number of pyridine rings is 1. The van der Waals surface area contributed by atoms with E-state index < -0.39 is 16.8 Å². The van der Waals surface area contributed by atoms with Crippen LogP contribution >= 0.6 is 0 Å². The molecule has 0 N–H and O–H groups in total. The van der Waals surface area contributed by atoms with Gasteiger partial charge in [0.25, 0.3) is 0 Å². The molecule has 0 saturated carbocycles. The van der Waals surface area contributed by atoms with Crippen molar-refractivity contribution >= 4 is 23.8 Å². The van der Waals surface area contributed by atoms with E-state index in [1.807, 2.05) is 4.90 Å². The van der Waals surface area contributed by atoms with Gasteiger partial charge in [-0.1, -0.05) is 31.9 Å². The highest BCUT2D eigenvalue weighted by molar-refractivity contribution is 5.94. The fourth-order valence-corrected chi connectivity index (χ4v) is 3.96. The Morgan fingerprint density at radius 2 is 1.94 bits per heavy atom. The predicted octanol–water partition coefficient (Wildman–Crippen LogP) is 4.25. The first-order valence-corrected chi connectivity index (χ1v) is 10.7. The lowest BCUT2D eigenvalue weighted by molar-refractivity contribution is -0.384. The summed E-state index contributed by atoms with van der Waals surface area (Å²) in [4.78, 5) is 40.4. The molecule has 1 saturated heterocycles. The Hall–Kier alpha value is -3.49. The maximum atomic E-state index is 11.7. The highest BCUT2D eigenvalue weighted by atomic mass is 16.6. The third kappa shape index (κ3) is 5.40. The van der Waals surface area contributed by atoms with Crippen LogP contribution in [0.1, 0.15) is 44.1 Å². The van der Waals surface area contributed by atoms with Gasteiger partial charge in [0.15, 0.2) is 0 Å². The second-order valence-corrected chi connectivity index (χ2v) is 7.78. The molecule has 0 spiro atoms. The van der Waals surface area contributed by atoms with Crippen LogP contribution in [0.2, 0.25) is 0 Å². The number of nitro groups is 1. The number of benzene rings is 1. The van der Waals surface area contributed by atoms with Crippen LogP contribution in [-0.2, 0) is 14.3 Å². The molecular weight excluding hydrogens is 414 g/mol. The van der Waals surface area contributed by atoms with Gasteiger partial charge in [0.1, 0.15) is 18.0 Å². The lowest BCUT2D eigenvalue weighted by Crippen LogP contribution is -2.34. The SMILES string of the molecule is CCCC1CCN(c2nc(Oc3ccc(C(C=O)C(=O)OC)cc3)ccc2[N+](=O)[O-])CC1. The molecule has 0 bridgehead atoms. The Kier molecular flexibility index (Phi) is 7.75. The fourth-order valence-electron chi connectivity index (χ4n) is 3.96. The van der Waals surface area contributed by atoms with Crippen LogP contribution in [0.5, 0.6) is 11.6 Å². The first kappa shape index (κ1) is 23.2. The molecule has 3 rings (SSSR count). The molecule has 0 amide bonds. The molecule has 2 aromatic rings. The topological polar surface area (TPSA) is 112 Å². The molecular formula is C23H27N3O6. The van der Waals surface area contributed by atoms with Crippen molar-refractivity contribution in [1.82, 2.24) is 4.98 Å². The number of rotatable bonds is 9. The van der Waals surface area contributed by atoms with Gasteiger partial charge in [0.2, 0.25) is 11.7 Å². The van der Waals surface area contributed by atoms with Gasteiger partial charge >= 0.3 is 11.7 Å². The molecule has 1 aromatic heterocycles. The van der Waals surface area contributed by atoms with Gasteiger partial charge in [-0.3, -0.25) is 14.9 Å². The zero-order valence-electron chi connectivity index (χ0n) is 18.2. The molecule has 1 aromatic carbocycles. The quantitative estimate of drug-likeness (QED) is 0.187. The van der Waals surface area contributed by atoms with Crippen molar-refractivity contribution in [2.75, 3.05) is 25.1 Å². The second kappa shape index (κ2) is 10.7. The lowest BCUT2D eigenvalue weighted by atomic mass is 9.92. The zero-order chi connectivity index (χ0) is 23.1. The van der Waals surface area contributed by atoms with Crippen LogP contribution in [0, 0.1) is 16.0 Å². The number of esters is 1. The average Bonchev–Trinajstić information content (AvgIpc) is 2.81. The smallest absolute Gasteiger partial charge is 0.320 e. The highest BCUT2D eigenvalue weighted by Crippen LogP contribution is 2.34. The monoisotopic (exact) mass is 441 g/mol. The average molecular weight is 441 g/mol. The van der Waals surface area contributed by atoms with Crippen LogP contribution in [0.15, 0.2) is 36.4 Å². The summed E-state index contributed by atoms with van der Waals surface area (Å²) in [5.41, 5.74) is 0.431. The summed E-state index contributed by atoms with van der Waals surface area (Å²) in [7, 11) is 1.22. The van der Waals surface area contributed by atoms with E-state index in [4.69, 9.17) is 4.74 Å². The standard InChI is InChI=1S/C23H27N3O6/c1-3-4-16-11-13-25(14-12-16)22-20(26(29)30)9-10-21(24-22)32-18-7-5-17(6-8-18)19(15-27)23(28)31-2/h5-10,15-16,19H,3-4,11-14H2,1-2H3. The summed E-state index contributed by atoms with van der Waals surface area (Å²) in [5.74, 6) is -0.0304. The van der Waals surface area contributed by atoms with Crippen molar-refractivity contribution in [3.8, 4) is 11.6 Å². The third-order valence-electron chi connectivity index (χ3n) is 5.69. The molecule has 1 aliphatic rings. The summed E-state index contributed by atoms with van der Waals surface area (Å²) in [5, 5.41) is 11.5. The Bertz CT molecular complexity index is 955. The molecule has 2 heterocycles. The Balaban J connectivity index is 1.77. The van der Waals surface area contributed by atoms with Crippen molar-refractivity contribution in [3.63, 3.8) is 0 Å². The number of carbonyl (C=O) groups excluding carboxylic acids is 2. The number of hydrogen-bond donors (Lipinski definition) is 0. The number of anilines is 1. The van der Waals surface area contributed by atoms with E-state index in [-0.39, 0.29) is 11.6 Å². The minimum absolute atomic E-state index is 0.0476. The van der Waals surface area contributed by atoms with Gasteiger partial charge in [0.05, 0.1) is 12.0 Å². The number of aromatic nitrogens is 1. The van der Waals surface area contributed by atoms with Crippen LogP contribution in [0.3, 0.4) is 0 Å². The van der Waals surface area contributed by atoms with Gasteiger partial charge in [0, 0.05) is 25.2 Å². The summed E-state index contributed by atoms with van der Waals surface area (Å²) in [6.07, 6.45) is 4.80. The van der Waals surface area contributed by atoms with Crippen molar-refractivity contribution in [1.29, 1.82) is 0 Å². The maximum Gasteiger partial charge on any atom is 0.320 e. The van der Waals surface area contributed by atoms with Gasteiger partial charge in [-0.2, -0.15) is 4.98 Å². The lowest BCUT2D eigenvalue weighted by Gasteiger charge is -2.32. The van der Waals surface area contributed by atoms with Crippen LogP contribution in [0.25, 0.3) is 0 Å². The van der Waals surface area contributed by atoms with E-state index in [9.17, 15) is 19.7 Å². The summed E-state index contributed by atoms with van der Waals surface area (Å²) in [6, 6.07) is 9.26. The number of piperidine rings is 1. The Morgan fingerprint density at radius 3 is 2.50 bits per heavy atom. The largest absolute Gasteiger partial charge is 0.468 e. The molecule has 0 radical (unpaired) electrons. The number of ether oxygens (including phenoxy) is 2. The van der Waals surface area contributed by atoms with E-state index in [2.05, 4.69) is 16.6 Å². The first-order chi connectivity index (χ1) is 15.5. The van der Waals surface area contributed by atoms with E-state index in [0.717, 1.165) is 32.4 Å². The van der Waals surface area contributed by atoms with Crippen LogP contribution < -0.4 is 9.64 Å². The van der Waals surface area contributed by atoms with Crippen LogP contribution in [-0.4, -0.2) is 42.4 Å². The number of aldehydes is 1. The van der Waals surface area contributed by atoms with E-state index in [1.54, 1.807) is 24.3 Å². The van der Waals surface area contributed by atoms with Crippen molar-refractivity contribution in [3.05, 3.63) is 52.1 Å². The third-order valence-corrected chi connectivity index (χ3v) is 5.69. The van der Waals surface area contributed by atoms with Crippen molar-refractivity contribution < 1.29 is 24.0 Å². The van der Waals surface area contributed by atoms with Crippen molar-refractivity contribution in [2.45, 2.75) is 38.5 Å². The minimum Gasteiger partial charge on any atom is -0.468 e. The summed E-state index contributed by atoms with van der Waals surface area (Å²) in [6.45, 7) is 3.61. The predicted molar refractivity (Wildman–Crippen MR) is 118 cm³/mol. The van der Waals surface area contributed by atoms with Crippen molar-refractivity contribution in [2.24, 2.45) is 5.92 Å². The number of nitrogens with zero attached hydrogens (tertiary/aromatic N) is 3. The number of carbonyl (C=O) groups is 2. The first-order valence-electron chi connectivity index (χ1n) is 10.7. The molecule has 170 valence electrons. The normalized spacial score (nSPS) is 15.1.